The molecule has 5 rings (SSSR count). The first-order chi connectivity index (χ1) is 17.0. The third-order valence-corrected chi connectivity index (χ3v) is 11.8. The van der Waals surface area contributed by atoms with Crippen LogP contribution in [0.3, 0.4) is 0 Å². The Morgan fingerprint density at radius 1 is 1.00 bits per heavy atom. The van der Waals surface area contributed by atoms with Crippen LogP contribution < -0.4 is 5.32 Å². The Morgan fingerprint density at radius 3 is 2.42 bits per heavy atom. The number of aliphatic imine (C=N–C) groups is 3. The summed E-state index contributed by atoms with van der Waals surface area (Å²) in [7, 11) is 1.59. The molecule has 2 aromatic rings. The summed E-state index contributed by atoms with van der Waals surface area (Å²) in [5.41, 5.74) is -0.114. The molecule has 0 bridgehead atoms. The Kier molecular flexibility index (Phi) is 6.70. The van der Waals surface area contributed by atoms with Gasteiger partial charge in [-0.25, -0.2) is 9.97 Å². The van der Waals surface area contributed by atoms with Crippen LogP contribution in [0.2, 0.25) is 0 Å². The fraction of sp³-hybridized carbons (Fsp3) is 0.583. The number of nitrogens with zero attached hydrogens (tertiary/aromatic N) is 5. The lowest BCUT2D eigenvalue weighted by molar-refractivity contribution is 0.0957. The maximum Gasteiger partial charge on any atom is 0.273 e. The third kappa shape index (κ3) is 4.48. The highest BCUT2D eigenvalue weighted by atomic mass is 32.2. The van der Waals surface area contributed by atoms with Crippen LogP contribution >= 0.6 is 46.6 Å². The number of amides is 1. The number of thioether (sulfide) groups is 3. The van der Waals surface area contributed by atoms with Crippen LogP contribution in [0.15, 0.2) is 24.8 Å². The van der Waals surface area contributed by atoms with E-state index >= 15 is 0 Å². The molecule has 0 saturated heterocycles. The van der Waals surface area contributed by atoms with Crippen LogP contribution in [0.5, 0.6) is 0 Å². The molecule has 1 amide bonds. The highest BCUT2D eigenvalue weighted by Crippen LogP contribution is 2.45. The SMILES string of the molecule is CNC(=O)c1nc([C@]2(C)CSC([C@]3(C)CSC(c4csc([C@@]5(C)CSC(C(C)C)=N5)n4)=N3)=N2)oc1C. The van der Waals surface area contributed by atoms with Crippen molar-refractivity contribution in [3.05, 3.63) is 33.4 Å². The average molecular weight is 563 g/mol. The lowest BCUT2D eigenvalue weighted by atomic mass is 10.0. The van der Waals surface area contributed by atoms with Gasteiger partial charge in [0.2, 0.25) is 5.89 Å². The first-order valence-electron chi connectivity index (χ1n) is 11.8. The number of nitrogens with one attached hydrogen (secondary N) is 1. The number of carbonyl (C=O) groups is 1. The maximum atomic E-state index is 12.1. The van der Waals surface area contributed by atoms with Crippen molar-refractivity contribution in [1.82, 2.24) is 15.3 Å². The minimum absolute atomic E-state index is 0.256. The van der Waals surface area contributed by atoms with Gasteiger partial charge in [-0.1, -0.05) is 13.8 Å². The van der Waals surface area contributed by atoms with Gasteiger partial charge in [-0.15, -0.1) is 46.6 Å². The highest BCUT2D eigenvalue weighted by molar-refractivity contribution is 8.16. The van der Waals surface area contributed by atoms with Crippen molar-refractivity contribution in [3.63, 3.8) is 0 Å². The molecule has 0 radical (unpaired) electrons. The lowest BCUT2D eigenvalue weighted by Crippen LogP contribution is -2.31. The van der Waals surface area contributed by atoms with Gasteiger partial charge in [0, 0.05) is 35.6 Å². The Morgan fingerprint density at radius 2 is 1.72 bits per heavy atom. The van der Waals surface area contributed by atoms with Gasteiger partial charge >= 0.3 is 0 Å². The van der Waals surface area contributed by atoms with Crippen LogP contribution in [0.4, 0.5) is 0 Å². The molecule has 0 saturated carbocycles. The van der Waals surface area contributed by atoms with Crippen molar-refractivity contribution in [2.24, 2.45) is 20.9 Å². The summed E-state index contributed by atoms with van der Waals surface area (Å²) in [6.45, 7) is 12.4. The molecular weight excluding hydrogens is 533 g/mol. The third-order valence-electron chi connectivity index (χ3n) is 6.37. The number of aromatic nitrogens is 2. The van der Waals surface area contributed by atoms with Crippen molar-refractivity contribution in [1.29, 1.82) is 0 Å². The molecule has 0 fully saturated rings. The fourth-order valence-corrected chi connectivity index (χ4v) is 8.96. The van der Waals surface area contributed by atoms with E-state index in [0.29, 0.717) is 29.0 Å². The van der Waals surface area contributed by atoms with Crippen molar-refractivity contribution in [3.8, 4) is 0 Å². The van der Waals surface area contributed by atoms with Gasteiger partial charge in [0.25, 0.3) is 5.91 Å². The van der Waals surface area contributed by atoms with E-state index in [9.17, 15) is 4.79 Å². The molecule has 0 aromatic carbocycles. The average Bonchev–Trinajstić information content (AvgIpc) is 3.64. The second-order valence-corrected chi connectivity index (χ2v) is 13.9. The molecule has 0 spiro atoms. The van der Waals surface area contributed by atoms with Crippen molar-refractivity contribution in [2.45, 2.75) is 58.2 Å². The van der Waals surface area contributed by atoms with E-state index in [-0.39, 0.29) is 11.4 Å². The van der Waals surface area contributed by atoms with Gasteiger partial charge in [0.15, 0.2) is 5.69 Å². The predicted octanol–water partition coefficient (Wildman–Crippen LogP) is 5.13. The molecule has 0 unspecified atom stereocenters. The number of thiazole rings is 1. The topological polar surface area (TPSA) is 105 Å². The quantitative estimate of drug-likeness (QED) is 0.520. The molecule has 3 aliphatic heterocycles. The molecule has 1 N–H and O–H groups in total. The van der Waals surface area contributed by atoms with Gasteiger partial charge in [-0.3, -0.25) is 19.8 Å². The first kappa shape index (κ1) is 26.0. The molecule has 192 valence electrons. The molecule has 3 atom stereocenters. The lowest BCUT2D eigenvalue weighted by Gasteiger charge is -2.19. The van der Waals surface area contributed by atoms with E-state index in [1.807, 2.05) is 18.7 Å². The minimum Gasteiger partial charge on any atom is -0.442 e. The predicted molar refractivity (Wildman–Crippen MR) is 153 cm³/mol. The Hall–Kier alpha value is -1.63. The van der Waals surface area contributed by atoms with E-state index in [1.165, 1.54) is 5.04 Å². The van der Waals surface area contributed by atoms with E-state index in [0.717, 1.165) is 32.3 Å². The van der Waals surface area contributed by atoms with E-state index < -0.39 is 11.1 Å². The van der Waals surface area contributed by atoms with E-state index in [2.05, 4.69) is 43.4 Å². The summed E-state index contributed by atoms with van der Waals surface area (Å²) in [5.74, 6) is 3.57. The monoisotopic (exact) mass is 562 g/mol. The van der Waals surface area contributed by atoms with Gasteiger partial charge < -0.3 is 9.73 Å². The van der Waals surface area contributed by atoms with Crippen molar-refractivity contribution in [2.75, 3.05) is 24.3 Å². The largest absolute Gasteiger partial charge is 0.442 e. The molecule has 12 heteroatoms. The van der Waals surface area contributed by atoms with Gasteiger partial charge in [-0.2, -0.15) is 0 Å². The summed E-state index contributed by atoms with van der Waals surface area (Å²) in [5, 5.41) is 8.88. The molecule has 2 aromatic heterocycles. The van der Waals surface area contributed by atoms with Crippen LogP contribution in [0.1, 0.15) is 67.5 Å². The maximum absolute atomic E-state index is 12.1. The number of carbonyl (C=O) groups excluding carboxylic acids is 1. The number of hydrogen-bond donors (Lipinski definition) is 1. The number of hydrogen-bond acceptors (Lipinski definition) is 11. The van der Waals surface area contributed by atoms with E-state index in [4.69, 9.17) is 24.4 Å². The molecule has 5 heterocycles. The smallest absolute Gasteiger partial charge is 0.273 e. The second-order valence-electron chi connectivity index (χ2n) is 10.2. The van der Waals surface area contributed by atoms with Crippen molar-refractivity contribution >= 4 is 67.7 Å². The number of aryl methyl sites for hydroxylation is 1. The summed E-state index contributed by atoms with van der Waals surface area (Å²) in [4.78, 5) is 36.7. The standard InChI is InChI=1S/C24H30N6O2S4/c1-12(2)17-28-23(5,10-34-17)20-26-14(8-33-20)18-29-24(6,11-35-18)21-30-22(4,9-36-21)19-27-15(13(3)32-19)16(31)25-7/h8,12H,9-11H2,1-7H3,(H,25,31)/t22-,23+,24-/m0/s1. The Balaban J connectivity index is 1.38. The van der Waals surface area contributed by atoms with Gasteiger partial charge in [0.1, 0.15) is 38.1 Å². The summed E-state index contributed by atoms with van der Waals surface area (Å²) < 4.78 is 5.89. The van der Waals surface area contributed by atoms with Gasteiger partial charge in [0.05, 0.1) is 10.1 Å². The molecular formula is C24H30N6O2S4. The number of oxazole rings is 1. The first-order valence-corrected chi connectivity index (χ1v) is 15.6. The van der Waals surface area contributed by atoms with Crippen LogP contribution in [0.25, 0.3) is 0 Å². The Labute approximate surface area is 228 Å². The molecule has 3 aliphatic rings. The van der Waals surface area contributed by atoms with Crippen molar-refractivity contribution < 1.29 is 9.21 Å². The zero-order valence-electron chi connectivity index (χ0n) is 21.5. The summed E-state index contributed by atoms with van der Waals surface area (Å²) >= 11 is 6.92. The zero-order valence-corrected chi connectivity index (χ0v) is 24.7. The second kappa shape index (κ2) is 9.28. The molecule has 8 nitrogen and oxygen atoms in total. The molecule has 36 heavy (non-hydrogen) atoms. The van der Waals surface area contributed by atoms with Crippen LogP contribution in [0, 0.1) is 12.8 Å². The van der Waals surface area contributed by atoms with Gasteiger partial charge in [-0.05, 0) is 27.7 Å². The van der Waals surface area contributed by atoms with E-state index in [1.54, 1.807) is 48.8 Å². The normalized spacial score (nSPS) is 30.1. The van der Waals surface area contributed by atoms with Crippen LogP contribution in [-0.2, 0) is 11.1 Å². The minimum atomic E-state index is -0.641. The highest BCUT2D eigenvalue weighted by Gasteiger charge is 2.46. The molecule has 0 aliphatic carbocycles. The summed E-state index contributed by atoms with van der Waals surface area (Å²) in [6.07, 6.45) is 0. The zero-order chi connectivity index (χ0) is 25.9. The summed E-state index contributed by atoms with van der Waals surface area (Å²) in [6, 6.07) is 0. The number of rotatable bonds is 6. The fourth-order valence-electron chi connectivity index (χ4n) is 4.12. The van der Waals surface area contributed by atoms with Crippen LogP contribution in [-0.4, -0.2) is 60.9 Å². The Bertz CT molecular complexity index is 1310.